The first-order valence-corrected chi connectivity index (χ1v) is 6.83. The second kappa shape index (κ2) is 5.61. The molecule has 4 heteroatoms. The van der Waals surface area contributed by atoms with Crippen LogP contribution >= 0.6 is 0 Å². The highest BCUT2D eigenvalue weighted by Crippen LogP contribution is 2.29. The molecule has 0 aliphatic rings. The molecule has 0 radical (unpaired) electrons. The summed E-state index contributed by atoms with van der Waals surface area (Å²) in [7, 11) is 1.94. The molecule has 4 nitrogen and oxygen atoms in total. The van der Waals surface area contributed by atoms with E-state index in [2.05, 4.69) is 38.1 Å². The molecule has 0 fully saturated rings. The fraction of sp³-hybridized carbons (Fsp3) is 0.533. The van der Waals surface area contributed by atoms with Crippen LogP contribution in [0.5, 0.6) is 0 Å². The maximum absolute atomic E-state index is 5.91. The topological polar surface area (TPSA) is 43.0 Å². The standard InChI is InChI=1S/C15H23N3O/c1-10(2)15-13(9-18(5)17-15)14-7-6-12(19-14)8-16-11(3)4/h6-7,9-11,16H,8H2,1-5H3. The molecule has 19 heavy (non-hydrogen) atoms. The van der Waals surface area contributed by atoms with Crippen LogP contribution in [0, 0.1) is 0 Å². The SMILES string of the molecule is CC(C)NCc1ccc(-c2cn(C)nc2C(C)C)o1. The number of furan rings is 1. The summed E-state index contributed by atoms with van der Waals surface area (Å²) in [6.45, 7) is 9.31. The molecule has 2 rings (SSSR count). The van der Waals surface area contributed by atoms with Gasteiger partial charge in [0.15, 0.2) is 0 Å². The average Bonchev–Trinajstić information content (AvgIpc) is 2.92. The Labute approximate surface area is 114 Å². The van der Waals surface area contributed by atoms with Gasteiger partial charge in [0.1, 0.15) is 11.5 Å². The third-order valence-electron chi connectivity index (χ3n) is 3.02. The van der Waals surface area contributed by atoms with Gasteiger partial charge in [0.05, 0.1) is 17.8 Å². The number of hydrogen-bond acceptors (Lipinski definition) is 3. The first kappa shape index (κ1) is 13.9. The summed E-state index contributed by atoms with van der Waals surface area (Å²) in [4.78, 5) is 0. The molecule has 2 aromatic rings. The number of nitrogens with one attached hydrogen (secondary N) is 1. The monoisotopic (exact) mass is 261 g/mol. The van der Waals surface area contributed by atoms with Crippen molar-refractivity contribution in [3.8, 4) is 11.3 Å². The maximum Gasteiger partial charge on any atom is 0.137 e. The summed E-state index contributed by atoms with van der Waals surface area (Å²) >= 11 is 0. The Bertz CT molecular complexity index is 537. The second-order valence-corrected chi connectivity index (χ2v) is 5.56. The second-order valence-electron chi connectivity index (χ2n) is 5.56. The van der Waals surface area contributed by atoms with E-state index in [-0.39, 0.29) is 0 Å². The van der Waals surface area contributed by atoms with Crippen molar-refractivity contribution < 1.29 is 4.42 Å². The van der Waals surface area contributed by atoms with Crippen molar-refractivity contribution in [2.45, 2.75) is 46.2 Å². The Morgan fingerprint density at radius 1 is 1.26 bits per heavy atom. The van der Waals surface area contributed by atoms with Crippen LogP contribution in [0.3, 0.4) is 0 Å². The minimum absolute atomic E-state index is 0.388. The molecular weight excluding hydrogens is 238 g/mol. The Kier molecular flexibility index (Phi) is 4.10. The van der Waals surface area contributed by atoms with Crippen LogP contribution in [0.4, 0.5) is 0 Å². The fourth-order valence-electron chi connectivity index (χ4n) is 2.04. The summed E-state index contributed by atoms with van der Waals surface area (Å²) in [5.41, 5.74) is 2.17. The van der Waals surface area contributed by atoms with Crippen molar-refractivity contribution in [1.29, 1.82) is 0 Å². The van der Waals surface area contributed by atoms with Gasteiger partial charge < -0.3 is 9.73 Å². The van der Waals surface area contributed by atoms with Gasteiger partial charge in [0.25, 0.3) is 0 Å². The zero-order valence-corrected chi connectivity index (χ0v) is 12.4. The fourth-order valence-corrected chi connectivity index (χ4v) is 2.04. The van der Waals surface area contributed by atoms with Gasteiger partial charge in [-0.05, 0) is 18.1 Å². The predicted octanol–water partition coefficient (Wildman–Crippen LogP) is 3.30. The van der Waals surface area contributed by atoms with Gasteiger partial charge in [0, 0.05) is 19.3 Å². The third kappa shape index (κ3) is 3.26. The largest absolute Gasteiger partial charge is 0.460 e. The number of nitrogens with zero attached hydrogens (tertiary/aromatic N) is 2. The normalized spacial score (nSPS) is 11.7. The maximum atomic E-state index is 5.91. The van der Waals surface area contributed by atoms with Gasteiger partial charge >= 0.3 is 0 Å². The lowest BCUT2D eigenvalue weighted by Gasteiger charge is -2.05. The first-order valence-electron chi connectivity index (χ1n) is 6.83. The van der Waals surface area contributed by atoms with E-state index in [0.717, 1.165) is 29.3 Å². The summed E-state index contributed by atoms with van der Waals surface area (Å²) in [6.07, 6.45) is 2.02. The van der Waals surface area contributed by atoms with Crippen LogP contribution in [0.2, 0.25) is 0 Å². The van der Waals surface area contributed by atoms with E-state index in [1.807, 2.05) is 30.1 Å². The van der Waals surface area contributed by atoms with E-state index in [4.69, 9.17) is 4.42 Å². The predicted molar refractivity (Wildman–Crippen MR) is 77.0 cm³/mol. The highest BCUT2D eigenvalue weighted by molar-refractivity contribution is 5.60. The number of hydrogen-bond donors (Lipinski definition) is 1. The number of rotatable bonds is 5. The minimum Gasteiger partial charge on any atom is -0.460 e. The molecular formula is C15H23N3O. The van der Waals surface area contributed by atoms with Crippen molar-refractivity contribution in [3.05, 3.63) is 29.8 Å². The summed E-state index contributed by atoms with van der Waals surface area (Å²) in [5, 5.41) is 7.87. The van der Waals surface area contributed by atoms with Crippen molar-refractivity contribution in [2.24, 2.45) is 7.05 Å². The smallest absolute Gasteiger partial charge is 0.137 e. The van der Waals surface area contributed by atoms with E-state index in [0.29, 0.717) is 12.0 Å². The number of aryl methyl sites for hydroxylation is 1. The molecule has 2 heterocycles. The van der Waals surface area contributed by atoms with E-state index in [9.17, 15) is 0 Å². The van der Waals surface area contributed by atoms with Gasteiger partial charge in [-0.3, -0.25) is 4.68 Å². The van der Waals surface area contributed by atoms with Crippen molar-refractivity contribution in [3.63, 3.8) is 0 Å². The van der Waals surface area contributed by atoms with Crippen molar-refractivity contribution in [2.75, 3.05) is 0 Å². The van der Waals surface area contributed by atoms with Gasteiger partial charge in [-0.15, -0.1) is 0 Å². The number of aromatic nitrogens is 2. The molecule has 0 unspecified atom stereocenters. The van der Waals surface area contributed by atoms with E-state index in [1.54, 1.807) is 0 Å². The summed E-state index contributed by atoms with van der Waals surface area (Å²) < 4.78 is 7.75. The molecule has 0 saturated carbocycles. The van der Waals surface area contributed by atoms with Crippen LogP contribution in [0.15, 0.2) is 22.7 Å². The Morgan fingerprint density at radius 3 is 2.63 bits per heavy atom. The Morgan fingerprint density at radius 2 is 2.00 bits per heavy atom. The molecule has 0 aliphatic heterocycles. The minimum atomic E-state index is 0.388. The molecule has 104 valence electrons. The molecule has 0 amide bonds. The van der Waals surface area contributed by atoms with E-state index in [1.165, 1.54) is 0 Å². The van der Waals surface area contributed by atoms with Gasteiger partial charge in [-0.1, -0.05) is 27.7 Å². The molecule has 0 aromatic carbocycles. The Hall–Kier alpha value is -1.55. The van der Waals surface area contributed by atoms with Crippen molar-refractivity contribution in [1.82, 2.24) is 15.1 Å². The molecule has 0 saturated heterocycles. The zero-order valence-electron chi connectivity index (χ0n) is 12.4. The molecule has 0 bridgehead atoms. The molecule has 2 aromatic heterocycles. The van der Waals surface area contributed by atoms with E-state index >= 15 is 0 Å². The molecule has 0 spiro atoms. The van der Waals surface area contributed by atoms with Crippen LogP contribution < -0.4 is 5.32 Å². The molecule has 0 aliphatic carbocycles. The third-order valence-corrected chi connectivity index (χ3v) is 3.02. The quantitative estimate of drug-likeness (QED) is 0.898. The average molecular weight is 261 g/mol. The van der Waals surface area contributed by atoms with Gasteiger partial charge in [0.2, 0.25) is 0 Å². The first-order chi connectivity index (χ1) is 8.97. The lowest BCUT2D eigenvalue weighted by atomic mass is 10.1. The molecule has 1 N–H and O–H groups in total. The van der Waals surface area contributed by atoms with Crippen molar-refractivity contribution >= 4 is 0 Å². The highest BCUT2D eigenvalue weighted by Gasteiger charge is 2.16. The van der Waals surface area contributed by atoms with Gasteiger partial charge in [-0.25, -0.2) is 0 Å². The zero-order chi connectivity index (χ0) is 14.0. The lowest BCUT2D eigenvalue weighted by molar-refractivity contribution is 0.473. The Balaban J connectivity index is 2.22. The van der Waals surface area contributed by atoms with Crippen LogP contribution in [-0.2, 0) is 13.6 Å². The van der Waals surface area contributed by atoms with Crippen LogP contribution in [0.25, 0.3) is 11.3 Å². The van der Waals surface area contributed by atoms with Crippen LogP contribution in [0.1, 0.15) is 45.1 Å². The highest BCUT2D eigenvalue weighted by atomic mass is 16.3. The lowest BCUT2D eigenvalue weighted by Crippen LogP contribution is -2.21. The molecule has 0 atom stereocenters. The summed E-state index contributed by atoms with van der Waals surface area (Å²) in [5.74, 6) is 2.25. The van der Waals surface area contributed by atoms with E-state index < -0.39 is 0 Å². The van der Waals surface area contributed by atoms with Crippen LogP contribution in [-0.4, -0.2) is 15.8 Å². The summed E-state index contributed by atoms with van der Waals surface area (Å²) in [6, 6.07) is 4.51. The van der Waals surface area contributed by atoms with Gasteiger partial charge in [-0.2, -0.15) is 5.10 Å².